The van der Waals surface area contributed by atoms with Gasteiger partial charge in [-0.15, -0.1) is 0 Å². The lowest BCUT2D eigenvalue weighted by molar-refractivity contribution is 0.300. The number of hydrogen-bond acceptors (Lipinski definition) is 2. The van der Waals surface area contributed by atoms with Crippen molar-refractivity contribution in [3.05, 3.63) is 64.2 Å². The number of hydrogen-bond donors (Lipinski definition) is 1. The van der Waals surface area contributed by atoms with E-state index in [1.54, 1.807) is 0 Å². The lowest BCUT2D eigenvalue weighted by atomic mass is 10.0. The van der Waals surface area contributed by atoms with Crippen LogP contribution in [0.2, 0.25) is 5.02 Å². The van der Waals surface area contributed by atoms with Crippen LogP contribution < -0.4 is 10.5 Å². The molecule has 106 valence electrons. The van der Waals surface area contributed by atoms with E-state index in [0.29, 0.717) is 6.61 Å². The molecule has 1 atom stereocenters. The Kier molecular flexibility index (Phi) is 5.05. The summed E-state index contributed by atoms with van der Waals surface area (Å²) in [4.78, 5) is 0. The Labute approximate surface area is 125 Å². The van der Waals surface area contributed by atoms with Gasteiger partial charge < -0.3 is 10.5 Å². The zero-order chi connectivity index (χ0) is 14.5. The minimum atomic E-state index is 0.120. The van der Waals surface area contributed by atoms with E-state index in [1.807, 2.05) is 37.3 Å². The Balaban J connectivity index is 2.13. The summed E-state index contributed by atoms with van der Waals surface area (Å²) >= 11 is 5.88. The normalized spacial score (nSPS) is 12.2. The van der Waals surface area contributed by atoms with Crippen molar-refractivity contribution in [3.8, 4) is 5.75 Å². The highest BCUT2D eigenvalue weighted by molar-refractivity contribution is 6.30. The molecular formula is C17H20ClNO. The molecular weight excluding hydrogens is 270 g/mol. The molecule has 0 aliphatic carbocycles. The Morgan fingerprint density at radius 2 is 1.85 bits per heavy atom. The lowest BCUT2D eigenvalue weighted by Gasteiger charge is -2.15. The lowest BCUT2D eigenvalue weighted by Crippen LogP contribution is -2.18. The van der Waals surface area contributed by atoms with Crippen molar-refractivity contribution < 1.29 is 4.74 Å². The topological polar surface area (TPSA) is 35.2 Å². The highest BCUT2D eigenvalue weighted by Gasteiger charge is 2.09. The number of ether oxygens (including phenoxy) is 1. The maximum atomic E-state index is 6.00. The van der Waals surface area contributed by atoms with Crippen LogP contribution in [0.3, 0.4) is 0 Å². The number of aryl methyl sites for hydroxylation is 1. The average Bonchev–Trinajstić information content (AvgIpc) is 2.39. The standard InChI is InChI=1S/C17H20ClNO/c1-12-4-3-5-15(10-13(2)19)17(12)20-11-14-6-8-16(18)9-7-14/h3-9,13H,10-11,19H2,1-2H3. The molecule has 20 heavy (non-hydrogen) atoms. The van der Waals surface area contributed by atoms with Gasteiger partial charge in [-0.25, -0.2) is 0 Å². The quantitative estimate of drug-likeness (QED) is 0.899. The highest BCUT2D eigenvalue weighted by Crippen LogP contribution is 2.25. The van der Waals surface area contributed by atoms with Crippen LogP contribution in [0.25, 0.3) is 0 Å². The largest absolute Gasteiger partial charge is 0.488 e. The average molecular weight is 290 g/mol. The molecule has 0 spiro atoms. The van der Waals surface area contributed by atoms with Gasteiger partial charge in [-0.2, -0.15) is 0 Å². The van der Waals surface area contributed by atoms with Crippen molar-refractivity contribution in [3.63, 3.8) is 0 Å². The summed E-state index contributed by atoms with van der Waals surface area (Å²) in [5.41, 5.74) is 9.30. The van der Waals surface area contributed by atoms with Gasteiger partial charge >= 0.3 is 0 Å². The van der Waals surface area contributed by atoms with Gasteiger partial charge in [-0.1, -0.05) is 41.9 Å². The third-order valence-electron chi connectivity index (χ3n) is 3.13. The van der Waals surface area contributed by atoms with Crippen LogP contribution in [0.1, 0.15) is 23.6 Å². The van der Waals surface area contributed by atoms with Gasteiger partial charge in [0.25, 0.3) is 0 Å². The first-order valence-electron chi connectivity index (χ1n) is 6.77. The van der Waals surface area contributed by atoms with Gasteiger partial charge in [-0.3, -0.25) is 0 Å². The maximum absolute atomic E-state index is 6.00. The summed E-state index contributed by atoms with van der Waals surface area (Å²) in [6, 6.07) is 14.0. The molecule has 2 aromatic rings. The van der Waals surface area contributed by atoms with E-state index in [2.05, 4.69) is 19.1 Å². The second kappa shape index (κ2) is 6.78. The third-order valence-corrected chi connectivity index (χ3v) is 3.38. The zero-order valence-corrected chi connectivity index (χ0v) is 12.7. The minimum absolute atomic E-state index is 0.120. The minimum Gasteiger partial charge on any atom is -0.488 e. The van der Waals surface area contributed by atoms with E-state index in [0.717, 1.165) is 33.9 Å². The SMILES string of the molecule is Cc1cccc(CC(C)N)c1OCc1ccc(Cl)cc1. The highest BCUT2D eigenvalue weighted by atomic mass is 35.5. The fourth-order valence-corrected chi connectivity index (χ4v) is 2.29. The number of rotatable bonds is 5. The van der Waals surface area contributed by atoms with Gasteiger partial charge in [0.15, 0.2) is 0 Å². The number of para-hydroxylation sites is 1. The van der Waals surface area contributed by atoms with Gasteiger partial charge in [0.05, 0.1) is 0 Å². The molecule has 3 heteroatoms. The molecule has 0 aliphatic rings. The van der Waals surface area contributed by atoms with Crippen molar-refractivity contribution in [2.45, 2.75) is 32.9 Å². The molecule has 2 N–H and O–H groups in total. The van der Waals surface area contributed by atoms with E-state index in [4.69, 9.17) is 22.1 Å². The van der Waals surface area contributed by atoms with Crippen LogP contribution in [0.4, 0.5) is 0 Å². The number of nitrogens with two attached hydrogens (primary N) is 1. The summed E-state index contributed by atoms with van der Waals surface area (Å²) in [6.45, 7) is 4.60. The van der Waals surface area contributed by atoms with Crippen molar-refractivity contribution >= 4 is 11.6 Å². The molecule has 0 radical (unpaired) electrons. The smallest absolute Gasteiger partial charge is 0.125 e. The number of halogens is 1. The summed E-state index contributed by atoms with van der Waals surface area (Å²) in [7, 11) is 0. The molecule has 2 rings (SSSR count). The third kappa shape index (κ3) is 3.99. The monoisotopic (exact) mass is 289 g/mol. The van der Waals surface area contributed by atoms with Crippen molar-refractivity contribution in [1.29, 1.82) is 0 Å². The van der Waals surface area contributed by atoms with Crippen LogP contribution in [0.15, 0.2) is 42.5 Å². The van der Waals surface area contributed by atoms with Crippen LogP contribution in [0, 0.1) is 6.92 Å². The maximum Gasteiger partial charge on any atom is 0.125 e. The molecule has 0 aliphatic heterocycles. The van der Waals surface area contributed by atoms with E-state index in [1.165, 1.54) is 0 Å². The molecule has 1 unspecified atom stereocenters. The Bertz CT molecular complexity index is 564. The van der Waals surface area contributed by atoms with Crippen LogP contribution in [0.5, 0.6) is 5.75 Å². The first-order valence-corrected chi connectivity index (χ1v) is 7.15. The molecule has 0 bridgehead atoms. The molecule has 0 aromatic heterocycles. The summed E-state index contributed by atoms with van der Waals surface area (Å²) in [5, 5.41) is 0.738. The van der Waals surface area contributed by atoms with Crippen molar-refractivity contribution in [2.24, 2.45) is 5.73 Å². The van der Waals surface area contributed by atoms with E-state index >= 15 is 0 Å². The molecule has 2 aromatic carbocycles. The molecule has 0 saturated heterocycles. The molecule has 2 nitrogen and oxygen atoms in total. The zero-order valence-electron chi connectivity index (χ0n) is 11.9. The van der Waals surface area contributed by atoms with Crippen molar-refractivity contribution in [2.75, 3.05) is 0 Å². The molecule has 0 saturated carbocycles. The summed E-state index contributed by atoms with van der Waals surface area (Å²) < 4.78 is 6.00. The van der Waals surface area contributed by atoms with Crippen LogP contribution >= 0.6 is 11.6 Å². The van der Waals surface area contributed by atoms with Crippen molar-refractivity contribution in [1.82, 2.24) is 0 Å². The summed E-state index contributed by atoms with van der Waals surface area (Å²) in [5.74, 6) is 0.944. The van der Waals surface area contributed by atoms with Gasteiger partial charge in [-0.05, 0) is 49.1 Å². The van der Waals surface area contributed by atoms with Crippen LogP contribution in [-0.4, -0.2) is 6.04 Å². The second-order valence-electron chi connectivity index (χ2n) is 5.16. The van der Waals surface area contributed by atoms with Crippen LogP contribution in [-0.2, 0) is 13.0 Å². The number of benzene rings is 2. The Morgan fingerprint density at radius 3 is 2.50 bits per heavy atom. The second-order valence-corrected chi connectivity index (χ2v) is 5.60. The first-order chi connectivity index (χ1) is 9.56. The fourth-order valence-electron chi connectivity index (χ4n) is 2.16. The van der Waals surface area contributed by atoms with E-state index in [9.17, 15) is 0 Å². The predicted octanol–water partition coefficient (Wildman–Crippen LogP) is 4.12. The molecule has 0 fully saturated rings. The van der Waals surface area contributed by atoms with Gasteiger partial charge in [0.2, 0.25) is 0 Å². The fraction of sp³-hybridized carbons (Fsp3) is 0.294. The van der Waals surface area contributed by atoms with E-state index < -0.39 is 0 Å². The Hall–Kier alpha value is -1.51. The molecule has 0 amide bonds. The summed E-state index contributed by atoms with van der Waals surface area (Å²) in [6.07, 6.45) is 0.817. The molecule has 0 heterocycles. The van der Waals surface area contributed by atoms with E-state index in [-0.39, 0.29) is 6.04 Å². The Morgan fingerprint density at radius 1 is 1.15 bits per heavy atom. The van der Waals surface area contributed by atoms with Gasteiger partial charge in [0.1, 0.15) is 12.4 Å². The predicted molar refractivity (Wildman–Crippen MR) is 84.3 cm³/mol. The van der Waals surface area contributed by atoms with Gasteiger partial charge in [0, 0.05) is 11.1 Å². The first kappa shape index (κ1) is 14.9.